The van der Waals surface area contributed by atoms with Crippen molar-refractivity contribution in [1.29, 1.82) is 0 Å². The Morgan fingerprint density at radius 2 is 1.30 bits per heavy atom. The third kappa shape index (κ3) is 7.48. The number of anilines is 1. The summed E-state index contributed by atoms with van der Waals surface area (Å²) in [7, 11) is 0. The SMILES string of the molecule is O=C(Nc1ccccc1-c1ccccc1)OCC1CCN(C(=O)O)C1.O=C(O)c1ccccc1-c1ccccc1. The fraction of sp³-hybridized carbons (Fsp3) is 0.156. The van der Waals surface area contributed by atoms with Crippen molar-refractivity contribution in [3.63, 3.8) is 0 Å². The van der Waals surface area contributed by atoms with E-state index < -0.39 is 18.2 Å². The predicted molar refractivity (Wildman–Crippen MR) is 153 cm³/mol. The molecule has 4 aromatic carbocycles. The van der Waals surface area contributed by atoms with Crippen molar-refractivity contribution in [2.45, 2.75) is 6.42 Å². The molecule has 5 rings (SSSR count). The topological polar surface area (TPSA) is 116 Å². The molecule has 1 aliphatic rings. The van der Waals surface area contributed by atoms with Crippen molar-refractivity contribution in [2.24, 2.45) is 5.92 Å². The number of para-hydroxylation sites is 1. The molecule has 0 spiro atoms. The Bertz CT molecular complexity index is 1440. The molecule has 3 N–H and O–H groups in total. The molecule has 1 heterocycles. The number of nitrogens with zero attached hydrogens (tertiary/aromatic N) is 1. The zero-order valence-corrected chi connectivity index (χ0v) is 21.8. The van der Waals surface area contributed by atoms with Gasteiger partial charge in [-0.25, -0.2) is 14.4 Å². The van der Waals surface area contributed by atoms with E-state index in [-0.39, 0.29) is 12.5 Å². The van der Waals surface area contributed by atoms with Crippen molar-refractivity contribution >= 4 is 23.8 Å². The van der Waals surface area contributed by atoms with Gasteiger partial charge in [0.2, 0.25) is 0 Å². The van der Waals surface area contributed by atoms with E-state index in [1.54, 1.807) is 12.1 Å². The van der Waals surface area contributed by atoms with Crippen LogP contribution >= 0.6 is 0 Å². The Morgan fingerprint density at radius 3 is 1.90 bits per heavy atom. The zero-order valence-electron chi connectivity index (χ0n) is 21.8. The third-order valence-corrected chi connectivity index (χ3v) is 6.50. The van der Waals surface area contributed by atoms with E-state index in [1.165, 1.54) is 4.90 Å². The van der Waals surface area contributed by atoms with E-state index in [0.29, 0.717) is 30.8 Å². The average Bonchev–Trinajstić information content (AvgIpc) is 3.47. The molecule has 40 heavy (non-hydrogen) atoms. The Hall–Kier alpha value is -5.11. The first kappa shape index (κ1) is 27.9. The molecule has 2 amide bonds. The molecule has 1 atom stereocenters. The predicted octanol–water partition coefficient (Wildman–Crippen LogP) is 6.95. The number of carboxylic acids is 1. The number of nitrogens with one attached hydrogen (secondary N) is 1. The van der Waals surface area contributed by atoms with E-state index in [2.05, 4.69) is 5.32 Å². The van der Waals surface area contributed by atoms with Crippen molar-refractivity contribution < 1.29 is 29.3 Å². The molecule has 1 unspecified atom stereocenters. The van der Waals surface area contributed by atoms with Gasteiger partial charge in [0.05, 0.1) is 17.9 Å². The van der Waals surface area contributed by atoms with E-state index in [9.17, 15) is 14.4 Å². The Morgan fingerprint density at radius 1 is 0.750 bits per heavy atom. The van der Waals surface area contributed by atoms with Gasteiger partial charge in [-0.2, -0.15) is 0 Å². The lowest BCUT2D eigenvalue weighted by Gasteiger charge is -2.14. The summed E-state index contributed by atoms with van der Waals surface area (Å²) in [4.78, 5) is 35.3. The van der Waals surface area contributed by atoms with Gasteiger partial charge < -0.3 is 19.8 Å². The van der Waals surface area contributed by atoms with Crippen LogP contribution in [0.25, 0.3) is 22.3 Å². The molecule has 0 aliphatic carbocycles. The molecule has 1 saturated heterocycles. The van der Waals surface area contributed by atoms with Crippen LogP contribution in [0.5, 0.6) is 0 Å². The fourth-order valence-corrected chi connectivity index (χ4v) is 4.48. The highest BCUT2D eigenvalue weighted by Gasteiger charge is 2.26. The number of hydrogen-bond donors (Lipinski definition) is 3. The number of carbonyl (C=O) groups excluding carboxylic acids is 1. The molecular weight excluding hydrogens is 508 g/mol. The second kappa shape index (κ2) is 13.6. The maximum absolute atomic E-state index is 12.1. The van der Waals surface area contributed by atoms with Crippen LogP contribution in [-0.2, 0) is 4.74 Å². The minimum atomic E-state index is -0.927. The maximum atomic E-state index is 12.1. The lowest BCUT2D eigenvalue weighted by atomic mass is 10.00. The summed E-state index contributed by atoms with van der Waals surface area (Å²) in [6.45, 7) is 1.11. The zero-order chi connectivity index (χ0) is 28.3. The van der Waals surface area contributed by atoms with Gasteiger partial charge in [-0.15, -0.1) is 0 Å². The molecule has 4 aromatic rings. The number of carbonyl (C=O) groups is 3. The third-order valence-electron chi connectivity index (χ3n) is 6.50. The second-order valence-corrected chi connectivity index (χ2v) is 9.24. The summed E-state index contributed by atoms with van der Waals surface area (Å²) < 4.78 is 5.28. The van der Waals surface area contributed by atoms with Gasteiger partial charge in [0, 0.05) is 24.6 Å². The van der Waals surface area contributed by atoms with E-state index in [0.717, 1.165) is 22.3 Å². The minimum absolute atomic E-state index is 0.0474. The van der Waals surface area contributed by atoms with Gasteiger partial charge in [-0.05, 0) is 35.2 Å². The summed E-state index contributed by atoms with van der Waals surface area (Å²) in [5.74, 6) is -0.847. The fourth-order valence-electron chi connectivity index (χ4n) is 4.48. The highest BCUT2D eigenvalue weighted by Crippen LogP contribution is 2.28. The first-order chi connectivity index (χ1) is 19.4. The van der Waals surface area contributed by atoms with Gasteiger partial charge in [0.25, 0.3) is 0 Å². The second-order valence-electron chi connectivity index (χ2n) is 9.24. The summed E-state index contributed by atoms with van der Waals surface area (Å²) in [6.07, 6.45) is -0.749. The van der Waals surface area contributed by atoms with Crippen LogP contribution < -0.4 is 5.32 Å². The standard InChI is InChI=1S/C19H20N2O4.C13H10O2/c22-18(25-13-14-10-11-21(12-14)19(23)24)20-17-9-5-4-8-16(17)15-6-2-1-3-7-15;14-13(15)12-9-5-4-8-11(12)10-6-2-1-3-7-10/h1-9,14H,10-13H2,(H,20,22)(H,23,24);1-9H,(H,14,15). The average molecular weight is 539 g/mol. The lowest BCUT2D eigenvalue weighted by Crippen LogP contribution is -2.28. The molecule has 1 aliphatic heterocycles. The van der Waals surface area contributed by atoms with Crippen molar-refractivity contribution in [1.82, 2.24) is 4.90 Å². The molecule has 0 saturated carbocycles. The number of rotatable bonds is 6. The van der Waals surface area contributed by atoms with Crippen LogP contribution in [0.1, 0.15) is 16.8 Å². The largest absolute Gasteiger partial charge is 0.478 e. The molecule has 0 radical (unpaired) electrons. The number of aromatic carboxylic acids is 1. The highest BCUT2D eigenvalue weighted by molar-refractivity contribution is 5.96. The minimum Gasteiger partial charge on any atom is -0.478 e. The normalized spacial score (nSPS) is 14.0. The van der Waals surface area contributed by atoms with E-state index >= 15 is 0 Å². The number of hydrogen-bond acceptors (Lipinski definition) is 4. The monoisotopic (exact) mass is 538 g/mol. The van der Waals surface area contributed by atoms with Crippen LogP contribution in [0.2, 0.25) is 0 Å². The highest BCUT2D eigenvalue weighted by atomic mass is 16.5. The Labute approximate surface area is 232 Å². The number of likely N-dealkylation sites (tertiary alicyclic amines) is 1. The molecule has 1 fully saturated rings. The molecule has 8 nitrogen and oxygen atoms in total. The van der Waals surface area contributed by atoms with Crippen LogP contribution in [0.15, 0.2) is 109 Å². The first-order valence-corrected chi connectivity index (χ1v) is 12.9. The van der Waals surface area contributed by atoms with Gasteiger partial charge in [-0.1, -0.05) is 97.1 Å². The van der Waals surface area contributed by atoms with Gasteiger partial charge >= 0.3 is 18.2 Å². The van der Waals surface area contributed by atoms with E-state index in [4.69, 9.17) is 14.9 Å². The Balaban J connectivity index is 0.000000210. The molecule has 0 aromatic heterocycles. The summed E-state index contributed by atoms with van der Waals surface area (Å²) in [5, 5.41) is 20.8. The van der Waals surface area contributed by atoms with Crippen LogP contribution in [-0.4, -0.2) is 53.0 Å². The van der Waals surface area contributed by atoms with Crippen LogP contribution in [0, 0.1) is 5.92 Å². The summed E-state index contributed by atoms with van der Waals surface area (Å²) in [6, 6.07) is 33.8. The molecule has 0 bridgehead atoms. The molecule has 8 heteroatoms. The first-order valence-electron chi connectivity index (χ1n) is 12.9. The van der Waals surface area contributed by atoms with Gasteiger partial charge in [0.15, 0.2) is 0 Å². The molecular formula is C32H30N2O6. The van der Waals surface area contributed by atoms with Gasteiger partial charge in [-0.3, -0.25) is 5.32 Å². The summed E-state index contributed by atoms with van der Waals surface area (Å²) in [5.41, 5.74) is 4.62. The quantitative estimate of drug-likeness (QED) is 0.245. The van der Waals surface area contributed by atoms with Crippen LogP contribution in [0.3, 0.4) is 0 Å². The Kier molecular flexibility index (Phi) is 9.50. The van der Waals surface area contributed by atoms with Crippen molar-refractivity contribution in [3.05, 3.63) is 115 Å². The number of benzene rings is 4. The van der Waals surface area contributed by atoms with Crippen molar-refractivity contribution in [3.8, 4) is 22.3 Å². The van der Waals surface area contributed by atoms with Crippen LogP contribution in [0.4, 0.5) is 15.3 Å². The smallest absolute Gasteiger partial charge is 0.411 e. The lowest BCUT2D eigenvalue weighted by molar-refractivity contribution is 0.0697. The number of ether oxygens (including phenoxy) is 1. The number of carboxylic acid groups (broad SMARTS) is 2. The maximum Gasteiger partial charge on any atom is 0.411 e. The summed E-state index contributed by atoms with van der Waals surface area (Å²) >= 11 is 0. The van der Waals surface area contributed by atoms with E-state index in [1.807, 2.05) is 97.1 Å². The number of amides is 2. The molecule has 204 valence electrons. The van der Waals surface area contributed by atoms with Gasteiger partial charge in [0.1, 0.15) is 0 Å². The van der Waals surface area contributed by atoms with Crippen molar-refractivity contribution in [2.75, 3.05) is 25.0 Å².